The Bertz CT molecular complexity index is 449. The Hall–Kier alpha value is -0.580. The van der Waals surface area contributed by atoms with Crippen LogP contribution in [0.2, 0.25) is 5.02 Å². The summed E-state index contributed by atoms with van der Waals surface area (Å²) in [6.07, 6.45) is 1.33. The molecule has 0 saturated carbocycles. The van der Waals surface area contributed by atoms with Crippen LogP contribution in [0.5, 0.6) is 11.5 Å². The molecule has 1 aromatic carbocycles. The summed E-state index contributed by atoms with van der Waals surface area (Å²) in [5, 5.41) is 4.15. The topological polar surface area (TPSA) is 30.5 Å². The number of rotatable bonds is 4. The number of ether oxygens (including phenoxy) is 2. The molecule has 0 bridgehead atoms. The molecule has 1 fully saturated rings. The summed E-state index contributed by atoms with van der Waals surface area (Å²) in [6.45, 7) is 3.08. The molecule has 1 saturated heterocycles. The highest BCUT2D eigenvalue weighted by Crippen LogP contribution is 2.38. The van der Waals surface area contributed by atoms with Crippen molar-refractivity contribution in [1.82, 2.24) is 5.32 Å². The third kappa shape index (κ3) is 3.30. The van der Waals surface area contributed by atoms with Crippen LogP contribution >= 0.6 is 23.4 Å². The van der Waals surface area contributed by atoms with Crippen molar-refractivity contribution < 1.29 is 9.47 Å². The molecule has 5 heteroatoms. The summed E-state index contributed by atoms with van der Waals surface area (Å²) in [6, 6.07) is 3.99. The molecule has 0 aliphatic carbocycles. The number of benzene rings is 1. The van der Waals surface area contributed by atoms with Gasteiger partial charge < -0.3 is 14.8 Å². The minimum atomic E-state index is 0.573. The molecule has 0 amide bonds. The first-order valence-electron chi connectivity index (χ1n) is 6.69. The van der Waals surface area contributed by atoms with E-state index >= 15 is 0 Å². The van der Waals surface area contributed by atoms with Crippen molar-refractivity contribution in [3.63, 3.8) is 0 Å². The molecule has 2 heterocycles. The minimum absolute atomic E-state index is 0.573. The highest BCUT2D eigenvalue weighted by molar-refractivity contribution is 7.99. The predicted octanol–water partition coefficient (Wildman–Crippen LogP) is 2.95. The van der Waals surface area contributed by atoms with Crippen molar-refractivity contribution in [2.75, 3.05) is 31.3 Å². The maximum absolute atomic E-state index is 6.22. The Morgan fingerprint density at radius 2 is 2.21 bits per heavy atom. The summed E-state index contributed by atoms with van der Waals surface area (Å²) in [4.78, 5) is 0. The molecule has 2 aliphatic heterocycles. The third-order valence-corrected chi connectivity index (χ3v) is 4.95. The molecule has 1 unspecified atom stereocenters. The zero-order valence-corrected chi connectivity index (χ0v) is 12.4. The van der Waals surface area contributed by atoms with Gasteiger partial charge >= 0.3 is 0 Å². The second kappa shape index (κ2) is 6.25. The first-order chi connectivity index (χ1) is 9.33. The van der Waals surface area contributed by atoms with Crippen molar-refractivity contribution in [2.24, 2.45) is 5.92 Å². The van der Waals surface area contributed by atoms with Crippen LogP contribution in [0.4, 0.5) is 0 Å². The first-order valence-corrected chi connectivity index (χ1v) is 8.22. The van der Waals surface area contributed by atoms with E-state index in [9.17, 15) is 0 Å². The van der Waals surface area contributed by atoms with E-state index < -0.39 is 0 Å². The highest BCUT2D eigenvalue weighted by Gasteiger charge is 2.17. The van der Waals surface area contributed by atoms with Gasteiger partial charge in [0, 0.05) is 6.54 Å². The van der Waals surface area contributed by atoms with Gasteiger partial charge in [0.25, 0.3) is 0 Å². The third-order valence-electron chi connectivity index (χ3n) is 3.44. The Labute approximate surface area is 123 Å². The number of halogens is 1. The van der Waals surface area contributed by atoms with Gasteiger partial charge in [0.15, 0.2) is 11.5 Å². The molecule has 3 nitrogen and oxygen atoms in total. The average molecular weight is 300 g/mol. The van der Waals surface area contributed by atoms with Gasteiger partial charge in [0.05, 0.1) is 5.02 Å². The van der Waals surface area contributed by atoms with Gasteiger partial charge in [-0.25, -0.2) is 0 Å². The largest absolute Gasteiger partial charge is 0.486 e. The van der Waals surface area contributed by atoms with Crippen molar-refractivity contribution in [2.45, 2.75) is 13.0 Å². The molecule has 0 radical (unpaired) electrons. The summed E-state index contributed by atoms with van der Waals surface area (Å²) in [7, 11) is 0. The van der Waals surface area contributed by atoms with Gasteiger partial charge in [0.2, 0.25) is 0 Å². The molecule has 104 valence electrons. The van der Waals surface area contributed by atoms with Crippen LogP contribution in [0.1, 0.15) is 12.0 Å². The predicted molar refractivity (Wildman–Crippen MR) is 79.6 cm³/mol. The normalized spacial score (nSPS) is 21.6. The molecule has 19 heavy (non-hydrogen) atoms. The summed E-state index contributed by atoms with van der Waals surface area (Å²) in [5.41, 5.74) is 1.15. The Kier molecular flexibility index (Phi) is 4.41. The van der Waals surface area contributed by atoms with Gasteiger partial charge in [-0.2, -0.15) is 11.8 Å². The van der Waals surface area contributed by atoms with E-state index in [0.29, 0.717) is 24.0 Å². The smallest absolute Gasteiger partial charge is 0.179 e. The van der Waals surface area contributed by atoms with Crippen LogP contribution in [0.15, 0.2) is 12.1 Å². The van der Waals surface area contributed by atoms with E-state index in [-0.39, 0.29) is 0 Å². The van der Waals surface area contributed by atoms with Gasteiger partial charge in [-0.1, -0.05) is 11.6 Å². The molecular formula is C14H18ClNO2S. The fraction of sp³-hybridized carbons (Fsp3) is 0.571. The van der Waals surface area contributed by atoms with E-state index in [4.69, 9.17) is 21.1 Å². The number of hydrogen-bond acceptors (Lipinski definition) is 4. The Morgan fingerprint density at radius 1 is 1.32 bits per heavy atom. The second-order valence-corrected chi connectivity index (χ2v) is 6.52. The van der Waals surface area contributed by atoms with Crippen molar-refractivity contribution in [1.29, 1.82) is 0 Å². The van der Waals surface area contributed by atoms with Crippen LogP contribution in [-0.4, -0.2) is 31.3 Å². The molecule has 1 atom stereocenters. The van der Waals surface area contributed by atoms with Gasteiger partial charge in [-0.3, -0.25) is 0 Å². The molecule has 2 aliphatic rings. The molecular weight excluding hydrogens is 282 g/mol. The SMILES string of the molecule is Clc1cc(CNCC2CCSC2)cc2c1OCCO2. The van der Waals surface area contributed by atoms with Crippen molar-refractivity contribution in [3.05, 3.63) is 22.7 Å². The molecule has 0 spiro atoms. The second-order valence-electron chi connectivity index (χ2n) is 4.96. The molecule has 1 N–H and O–H groups in total. The number of hydrogen-bond donors (Lipinski definition) is 1. The lowest BCUT2D eigenvalue weighted by Gasteiger charge is -2.20. The van der Waals surface area contributed by atoms with Gasteiger partial charge in [-0.05, 0) is 48.1 Å². The maximum Gasteiger partial charge on any atom is 0.179 e. The van der Waals surface area contributed by atoms with Crippen LogP contribution in [0.3, 0.4) is 0 Å². The van der Waals surface area contributed by atoms with E-state index in [0.717, 1.165) is 30.3 Å². The van der Waals surface area contributed by atoms with E-state index in [2.05, 4.69) is 17.1 Å². The lowest BCUT2D eigenvalue weighted by molar-refractivity contribution is 0.171. The summed E-state index contributed by atoms with van der Waals surface area (Å²) >= 11 is 8.27. The van der Waals surface area contributed by atoms with E-state index in [1.165, 1.54) is 17.9 Å². The zero-order chi connectivity index (χ0) is 13.1. The quantitative estimate of drug-likeness (QED) is 0.926. The van der Waals surface area contributed by atoms with Crippen LogP contribution < -0.4 is 14.8 Å². The van der Waals surface area contributed by atoms with Crippen LogP contribution in [0, 0.1) is 5.92 Å². The van der Waals surface area contributed by atoms with Crippen LogP contribution in [0.25, 0.3) is 0 Å². The fourth-order valence-electron chi connectivity index (χ4n) is 2.43. The summed E-state index contributed by atoms with van der Waals surface area (Å²) < 4.78 is 11.1. The zero-order valence-electron chi connectivity index (χ0n) is 10.8. The maximum atomic E-state index is 6.22. The molecule has 0 aromatic heterocycles. The van der Waals surface area contributed by atoms with Crippen molar-refractivity contribution >= 4 is 23.4 Å². The van der Waals surface area contributed by atoms with Crippen LogP contribution in [-0.2, 0) is 6.54 Å². The molecule has 3 rings (SSSR count). The summed E-state index contributed by atoms with van der Waals surface area (Å²) in [5.74, 6) is 4.87. The highest BCUT2D eigenvalue weighted by atomic mass is 35.5. The van der Waals surface area contributed by atoms with E-state index in [1.807, 2.05) is 12.1 Å². The fourth-order valence-corrected chi connectivity index (χ4v) is 4.00. The Balaban J connectivity index is 1.59. The number of thioether (sulfide) groups is 1. The van der Waals surface area contributed by atoms with Crippen molar-refractivity contribution in [3.8, 4) is 11.5 Å². The first kappa shape index (κ1) is 13.4. The van der Waals surface area contributed by atoms with Gasteiger partial charge in [0.1, 0.15) is 13.2 Å². The molecule has 1 aromatic rings. The monoisotopic (exact) mass is 299 g/mol. The Morgan fingerprint density at radius 3 is 3.05 bits per heavy atom. The lowest BCUT2D eigenvalue weighted by atomic mass is 10.1. The number of nitrogens with one attached hydrogen (secondary N) is 1. The average Bonchev–Trinajstić information content (AvgIpc) is 2.92. The van der Waals surface area contributed by atoms with E-state index in [1.54, 1.807) is 0 Å². The minimum Gasteiger partial charge on any atom is -0.486 e. The number of fused-ring (bicyclic) bond motifs is 1. The standard InChI is InChI=1S/C14H18ClNO2S/c15-12-5-11(6-13-14(12)18-3-2-17-13)8-16-7-10-1-4-19-9-10/h5-6,10,16H,1-4,7-9H2. The van der Waals surface area contributed by atoms with Gasteiger partial charge in [-0.15, -0.1) is 0 Å². The lowest BCUT2D eigenvalue weighted by Crippen LogP contribution is -2.22.